The molecule has 1 amide bonds. The molecular formula is C18H28FNO. The molecule has 3 heteroatoms. The Morgan fingerprint density at radius 3 is 2.38 bits per heavy atom. The quantitative estimate of drug-likeness (QED) is 0.608. The number of hydrogen-bond acceptors (Lipinski definition) is 1. The van der Waals surface area contributed by atoms with Crippen LogP contribution in [0.4, 0.5) is 4.39 Å². The molecule has 2 nitrogen and oxygen atoms in total. The minimum Gasteiger partial charge on any atom is -0.351 e. The lowest BCUT2D eigenvalue weighted by atomic mass is 9.75. The van der Waals surface area contributed by atoms with Crippen molar-refractivity contribution >= 4 is 6.41 Å². The lowest BCUT2D eigenvalue weighted by Crippen LogP contribution is -2.43. The van der Waals surface area contributed by atoms with E-state index in [4.69, 9.17) is 0 Å². The van der Waals surface area contributed by atoms with Gasteiger partial charge in [0, 0.05) is 5.92 Å². The first kappa shape index (κ1) is 17.7. The first-order valence-corrected chi connectivity index (χ1v) is 7.60. The fraction of sp³-hybridized carbons (Fsp3) is 0.611. The highest BCUT2D eigenvalue weighted by molar-refractivity contribution is 5.53. The minimum atomic E-state index is -1.34. The second kappa shape index (κ2) is 6.59. The Kier molecular flexibility index (Phi) is 5.54. The summed E-state index contributed by atoms with van der Waals surface area (Å²) in [5.74, 6) is -0.295. The van der Waals surface area contributed by atoms with E-state index in [1.165, 1.54) is 0 Å². The minimum absolute atomic E-state index is 0.279. The van der Waals surface area contributed by atoms with Crippen LogP contribution in [0.25, 0.3) is 0 Å². The van der Waals surface area contributed by atoms with Gasteiger partial charge in [-0.15, -0.1) is 0 Å². The van der Waals surface area contributed by atoms with E-state index in [9.17, 15) is 4.79 Å². The summed E-state index contributed by atoms with van der Waals surface area (Å²) >= 11 is 0. The third-order valence-corrected chi connectivity index (χ3v) is 4.62. The molecule has 0 radical (unpaired) electrons. The molecule has 3 unspecified atom stereocenters. The van der Waals surface area contributed by atoms with E-state index in [-0.39, 0.29) is 17.4 Å². The number of nitrogens with one attached hydrogen (secondary N) is 1. The average molecular weight is 293 g/mol. The monoisotopic (exact) mass is 293 g/mol. The predicted molar refractivity (Wildman–Crippen MR) is 86.7 cm³/mol. The summed E-state index contributed by atoms with van der Waals surface area (Å²) in [6.45, 7) is 11.6. The molecule has 118 valence electrons. The highest BCUT2D eigenvalue weighted by atomic mass is 19.1. The number of carbonyl (C=O) groups excluding carboxylic acids is 1. The Labute approximate surface area is 128 Å². The molecule has 0 aromatic rings. The summed E-state index contributed by atoms with van der Waals surface area (Å²) in [6.07, 6.45) is 9.04. The van der Waals surface area contributed by atoms with Gasteiger partial charge in [0.05, 0.1) is 6.04 Å². The Balaban J connectivity index is 3.53. The number of hydrogen-bond donors (Lipinski definition) is 1. The summed E-state index contributed by atoms with van der Waals surface area (Å²) in [4.78, 5) is 11.0. The molecule has 1 aliphatic rings. The third kappa shape index (κ3) is 3.63. The molecule has 1 N–H and O–H groups in total. The predicted octanol–water partition coefficient (Wildman–Crippen LogP) is 4.34. The summed E-state index contributed by atoms with van der Waals surface area (Å²) in [5.41, 5.74) is 0.484. The zero-order valence-corrected chi connectivity index (χ0v) is 14.0. The lowest BCUT2D eigenvalue weighted by Gasteiger charge is -2.33. The van der Waals surface area contributed by atoms with Crippen LogP contribution in [0.5, 0.6) is 0 Å². The van der Waals surface area contributed by atoms with Crippen molar-refractivity contribution in [2.24, 2.45) is 11.3 Å². The smallest absolute Gasteiger partial charge is 0.207 e. The molecule has 1 saturated carbocycles. The van der Waals surface area contributed by atoms with Crippen LogP contribution >= 0.6 is 0 Å². The fourth-order valence-electron chi connectivity index (χ4n) is 3.55. The Bertz CT molecular complexity index is 472. The van der Waals surface area contributed by atoms with Crippen molar-refractivity contribution in [3.8, 4) is 0 Å². The third-order valence-electron chi connectivity index (χ3n) is 4.62. The van der Waals surface area contributed by atoms with Crippen molar-refractivity contribution in [1.29, 1.82) is 0 Å². The topological polar surface area (TPSA) is 29.1 Å². The van der Waals surface area contributed by atoms with Crippen LogP contribution in [-0.2, 0) is 4.79 Å². The van der Waals surface area contributed by atoms with Crippen molar-refractivity contribution in [2.45, 2.75) is 59.7 Å². The Hall–Kier alpha value is -1.38. The van der Waals surface area contributed by atoms with Crippen molar-refractivity contribution in [2.75, 3.05) is 0 Å². The van der Waals surface area contributed by atoms with Gasteiger partial charge in [-0.25, -0.2) is 4.39 Å². The van der Waals surface area contributed by atoms with E-state index in [1.54, 1.807) is 6.92 Å². The maximum Gasteiger partial charge on any atom is 0.207 e. The van der Waals surface area contributed by atoms with Crippen LogP contribution in [0.1, 0.15) is 48.0 Å². The van der Waals surface area contributed by atoms with Gasteiger partial charge in [-0.3, -0.25) is 4.79 Å². The molecule has 0 spiro atoms. The summed E-state index contributed by atoms with van der Waals surface area (Å²) in [7, 11) is 0. The maximum absolute atomic E-state index is 15.2. The molecule has 1 aliphatic carbocycles. The fourth-order valence-corrected chi connectivity index (χ4v) is 3.55. The number of allylic oxidation sites excluding steroid dienone is 4. The van der Waals surface area contributed by atoms with E-state index in [1.807, 2.05) is 45.1 Å². The number of amides is 1. The molecule has 21 heavy (non-hydrogen) atoms. The summed E-state index contributed by atoms with van der Waals surface area (Å²) in [6, 6.07) is -0.318. The largest absolute Gasteiger partial charge is 0.351 e. The van der Waals surface area contributed by atoms with Crippen molar-refractivity contribution in [1.82, 2.24) is 5.32 Å². The standard InChI is InChI=1S/C18H28FNO/c1-7-9-10-14-15(8-2)17(4,5)11-18(6,19)13(3)16(14)20-12-21/h7-10,12-13,16H,11H2,1-6H3,(H,20,21)/b9-7-,14-10+,15-8+. The first-order chi connectivity index (χ1) is 9.71. The number of halogens is 1. The Morgan fingerprint density at radius 1 is 1.29 bits per heavy atom. The van der Waals surface area contributed by atoms with Crippen LogP contribution in [0.15, 0.2) is 35.5 Å². The van der Waals surface area contributed by atoms with E-state index in [2.05, 4.69) is 19.2 Å². The van der Waals surface area contributed by atoms with Crippen LogP contribution in [0, 0.1) is 11.3 Å². The Morgan fingerprint density at radius 2 is 1.90 bits per heavy atom. The van der Waals surface area contributed by atoms with Gasteiger partial charge < -0.3 is 5.32 Å². The molecule has 0 aliphatic heterocycles. The van der Waals surface area contributed by atoms with Gasteiger partial charge >= 0.3 is 0 Å². The second-order valence-electron chi connectivity index (χ2n) is 6.74. The van der Waals surface area contributed by atoms with Crippen LogP contribution < -0.4 is 5.32 Å². The second-order valence-corrected chi connectivity index (χ2v) is 6.74. The normalized spacial score (nSPS) is 36.9. The number of carbonyl (C=O) groups is 1. The van der Waals surface area contributed by atoms with Gasteiger partial charge in [-0.2, -0.15) is 0 Å². The van der Waals surface area contributed by atoms with Gasteiger partial charge in [0.1, 0.15) is 5.67 Å². The summed E-state index contributed by atoms with van der Waals surface area (Å²) < 4.78 is 15.2. The molecule has 0 bridgehead atoms. The van der Waals surface area contributed by atoms with Gasteiger partial charge in [-0.1, -0.05) is 45.1 Å². The van der Waals surface area contributed by atoms with Gasteiger partial charge in [-0.05, 0) is 43.8 Å². The maximum atomic E-state index is 15.2. The van der Waals surface area contributed by atoms with Crippen molar-refractivity contribution in [3.63, 3.8) is 0 Å². The zero-order chi connectivity index (χ0) is 16.3. The molecule has 1 rings (SSSR count). The number of alkyl halides is 1. The van der Waals surface area contributed by atoms with Crippen LogP contribution in [0.2, 0.25) is 0 Å². The number of rotatable bonds is 3. The van der Waals surface area contributed by atoms with Gasteiger partial charge in [0.15, 0.2) is 0 Å². The first-order valence-electron chi connectivity index (χ1n) is 7.60. The molecule has 1 fully saturated rings. The van der Waals surface area contributed by atoms with Gasteiger partial charge in [0.2, 0.25) is 6.41 Å². The molecule has 0 aromatic carbocycles. The zero-order valence-electron chi connectivity index (χ0n) is 14.0. The molecular weight excluding hydrogens is 265 g/mol. The van der Waals surface area contributed by atoms with E-state index >= 15 is 4.39 Å². The van der Waals surface area contributed by atoms with E-state index < -0.39 is 5.67 Å². The van der Waals surface area contributed by atoms with E-state index in [0.717, 1.165) is 11.1 Å². The van der Waals surface area contributed by atoms with Gasteiger partial charge in [0.25, 0.3) is 0 Å². The van der Waals surface area contributed by atoms with Crippen LogP contribution in [0.3, 0.4) is 0 Å². The van der Waals surface area contributed by atoms with E-state index in [0.29, 0.717) is 12.8 Å². The lowest BCUT2D eigenvalue weighted by molar-refractivity contribution is -0.110. The molecule has 0 aromatic heterocycles. The molecule has 3 atom stereocenters. The average Bonchev–Trinajstić information content (AvgIpc) is 2.43. The van der Waals surface area contributed by atoms with Crippen molar-refractivity contribution in [3.05, 3.63) is 35.5 Å². The molecule has 0 saturated heterocycles. The highest BCUT2D eigenvalue weighted by Gasteiger charge is 2.47. The molecule has 0 heterocycles. The van der Waals surface area contributed by atoms with Crippen molar-refractivity contribution < 1.29 is 9.18 Å². The van der Waals surface area contributed by atoms with Crippen LogP contribution in [-0.4, -0.2) is 18.1 Å². The highest BCUT2D eigenvalue weighted by Crippen LogP contribution is 2.49. The SMILES string of the molecule is C\C=C/C=C1\C(=C/C)C(C)(C)CC(C)(F)C(C)C1NC=O. The summed E-state index contributed by atoms with van der Waals surface area (Å²) in [5, 5.41) is 2.83.